The standard InChI is InChI=1S/C14H17BrN2O2S2/c1-16-21(18,19)10-12-5-3-2-4-11(12)7-17-8-14-6-13(15)9-20-14/h2-6,9,16-17H,7-8,10H2,1H3. The van der Waals surface area contributed by atoms with Gasteiger partial charge >= 0.3 is 0 Å². The van der Waals surface area contributed by atoms with E-state index in [1.54, 1.807) is 11.3 Å². The number of thiophene rings is 1. The van der Waals surface area contributed by atoms with Gasteiger partial charge in [-0.1, -0.05) is 24.3 Å². The fourth-order valence-electron chi connectivity index (χ4n) is 1.91. The van der Waals surface area contributed by atoms with Gasteiger partial charge in [-0.05, 0) is 40.2 Å². The van der Waals surface area contributed by atoms with Crippen LogP contribution in [0.1, 0.15) is 16.0 Å². The minimum absolute atomic E-state index is 0.00586. The molecule has 1 aromatic carbocycles. The molecule has 0 aliphatic heterocycles. The van der Waals surface area contributed by atoms with Crippen LogP contribution in [0.5, 0.6) is 0 Å². The fourth-order valence-corrected chi connectivity index (χ4v) is 4.17. The highest BCUT2D eigenvalue weighted by Crippen LogP contribution is 2.19. The van der Waals surface area contributed by atoms with E-state index in [2.05, 4.69) is 32.0 Å². The van der Waals surface area contributed by atoms with E-state index in [1.807, 2.05) is 29.6 Å². The van der Waals surface area contributed by atoms with Crippen molar-refractivity contribution in [2.24, 2.45) is 0 Å². The highest BCUT2D eigenvalue weighted by Gasteiger charge is 2.11. The predicted molar refractivity (Wildman–Crippen MR) is 90.7 cm³/mol. The monoisotopic (exact) mass is 388 g/mol. The van der Waals surface area contributed by atoms with E-state index < -0.39 is 10.0 Å². The van der Waals surface area contributed by atoms with Crippen LogP contribution in [0, 0.1) is 0 Å². The van der Waals surface area contributed by atoms with E-state index in [4.69, 9.17) is 0 Å². The van der Waals surface area contributed by atoms with Crippen molar-refractivity contribution in [1.82, 2.24) is 10.0 Å². The zero-order valence-corrected chi connectivity index (χ0v) is 14.8. The van der Waals surface area contributed by atoms with Crippen LogP contribution in [0.15, 0.2) is 40.2 Å². The van der Waals surface area contributed by atoms with Gasteiger partial charge in [0, 0.05) is 27.8 Å². The molecule has 2 aromatic rings. The molecule has 0 spiro atoms. The van der Waals surface area contributed by atoms with Gasteiger partial charge in [-0.3, -0.25) is 0 Å². The lowest BCUT2D eigenvalue weighted by molar-refractivity contribution is 0.587. The van der Waals surface area contributed by atoms with Gasteiger partial charge in [0.25, 0.3) is 0 Å². The van der Waals surface area contributed by atoms with E-state index in [0.717, 1.165) is 22.1 Å². The molecule has 0 aliphatic rings. The third kappa shape index (κ3) is 5.19. The van der Waals surface area contributed by atoms with Crippen LogP contribution in [0.3, 0.4) is 0 Å². The average molecular weight is 389 g/mol. The number of benzene rings is 1. The van der Waals surface area contributed by atoms with Crippen molar-refractivity contribution in [2.45, 2.75) is 18.8 Å². The molecule has 0 amide bonds. The molecule has 0 radical (unpaired) electrons. The molecule has 21 heavy (non-hydrogen) atoms. The summed E-state index contributed by atoms with van der Waals surface area (Å²) in [7, 11) is -1.82. The largest absolute Gasteiger partial charge is 0.308 e. The van der Waals surface area contributed by atoms with E-state index in [0.29, 0.717) is 6.54 Å². The first-order valence-electron chi connectivity index (χ1n) is 6.42. The topological polar surface area (TPSA) is 58.2 Å². The maximum absolute atomic E-state index is 11.7. The van der Waals surface area contributed by atoms with Crippen molar-refractivity contribution in [3.8, 4) is 0 Å². The molecular formula is C14H17BrN2O2S2. The molecule has 0 bridgehead atoms. The lowest BCUT2D eigenvalue weighted by atomic mass is 10.1. The smallest absolute Gasteiger partial charge is 0.215 e. The maximum atomic E-state index is 11.7. The van der Waals surface area contributed by atoms with Crippen LogP contribution in [-0.4, -0.2) is 15.5 Å². The fraction of sp³-hybridized carbons (Fsp3) is 0.286. The maximum Gasteiger partial charge on any atom is 0.215 e. The molecule has 0 saturated carbocycles. The molecule has 0 atom stereocenters. The van der Waals surface area contributed by atoms with Gasteiger partial charge in [0.2, 0.25) is 10.0 Å². The Bertz CT molecular complexity index is 699. The van der Waals surface area contributed by atoms with Gasteiger partial charge in [-0.2, -0.15) is 0 Å². The number of hydrogen-bond donors (Lipinski definition) is 2. The summed E-state index contributed by atoms with van der Waals surface area (Å²) in [5.41, 5.74) is 1.83. The number of halogens is 1. The molecule has 0 aliphatic carbocycles. The second-order valence-corrected chi connectivity index (χ2v) is 8.40. The second-order valence-electron chi connectivity index (χ2n) is 4.57. The van der Waals surface area contributed by atoms with Gasteiger partial charge < -0.3 is 5.32 Å². The first-order valence-corrected chi connectivity index (χ1v) is 9.74. The second kappa shape index (κ2) is 7.51. The molecule has 0 fully saturated rings. The van der Waals surface area contributed by atoms with Crippen LogP contribution < -0.4 is 10.0 Å². The zero-order chi connectivity index (χ0) is 15.3. The molecule has 1 aromatic heterocycles. The normalized spacial score (nSPS) is 11.7. The van der Waals surface area contributed by atoms with E-state index in [1.165, 1.54) is 11.9 Å². The lowest BCUT2D eigenvalue weighted by Crippen LogP contribution is -2.22. The Balaban J connectivity index is 2.00. The molecule has 7 heteroatoms. The van der Waals surface area contributed by atoms with Crippen molar-refractivity contribution in [1.29, 1.82) is 0 Å². The first kappa shape index (κ1) is 16.6. The van der Waals surface area contributed by atoms with Crippen molar-refractivity contribution in [2.75, 3.05) is 7.05 Å². The minimum atomic E-state index is -3.25. The molecular weight excluding hydrogens is 372 g/mol. The summed E-state index contributed by atoms with van der Waals surface area (Å²) < 4.78 is 26.8. The Morgan fingerprint density at radius 3 is 2.52 bits per heavy atom. The lowest BCUT2D eigenvalue weighted by Gasteiger charge is -2.10. The van der Waals surface area contributed by atoms with Crippen molar-refractivity contribution in [3.63, 3.8) is 0 Å². The summed E-state index contributed by atoms with van der Waals surface area (Å²) in [5, 5.41) is 5.40. The number of hydrogen-bond acceptors (Lipinski definition) is 4. The van der Waals surface area contributed by atoms with Gasteiger partial charge in [-0.15, -0.1) is 11.3 Å². The number of sulfonamides is 1. The molecule has 0 unspecified atom stereocenters. The van der Waals surface area contributed by atoms with Crippen LogP contribution in [0.25, 0.3) is 0 Å². The van der Waals surface area contributed by atoms with Crippen LogP contribution >= 0.6 is 27.3 Å². The Hall–Kier alpha value is -0.730. The van der Waals surface area contributed by atoms with Gasteiger partial charge in [0.05, 0.1) is 5.75 Å². The third-order valence-corrected chi connectivity index (χ3v) is 6.02. The molecule has 2 rings (SSSR count). The Morgan fingerprint density at radius 1 is 1.19 bits per heavy atom. The Kier molecular flexibility index (Phi) is 5.95. The van der Waals surface area contributed by atoms with Crippen LogP contribution in [0.2, 0.25) is 0 Å². The van der Waals surface area contributed by atoms with Crippen molar-refractivity contribution in [3.05, 3.63) is 56.2 Å². The van der Waals surface area contributed by atoms with E-state index >= 15 is 0 Å². The molecule has 2 N–H and O–H groups in total. The van der Waals surface area contributed by atoms with E-state index in [-0.39, 0.29) is 5.75 Å². The highest BCUT2D eigenvalue weighted by molar-refractivity contribution is 9.10. The summed E-state index contributed by atoms with van der Waals surface area (Å²) in [6.45, 7) is 1.41. The molecule has 114 valence electrons. The summed E-state index contributed by atoms with van der Waals surface area (Å²) in [6.07, 6.45) is 0. The number of rotatable bonds is 7. The minimum Gasteiger partial charge on any atom is -0.308 e. The van der Waals surface area contributed by atoms with Gasteiger partial charge in [0.1, 0.15) is 0 Å². The van der Waals surface area contributed by atoms with Crippen LogP contribution in [0.4, 0.5) is 0 Å². The summed E-state index contributed by atoms with van der Waals surface area (Å²) >= 11 is 5.12. The van der Waals surface area contributed by atoms with Gasteiger partial charge in [0.15, 0.2) is 0 Å². The molecule has 4 nitrogen and oxygen atoms in total. The highest BCUT2D eigenvalue weighted by atomic mass is 79.9. The number of nitrogens with one attached hydrogen (secondary N) is 2. The Morgan fingerprint density at radius 2 is 1.90 bits per heavy atom. The van der Waals surface area contributed by atoms with Crippen LogP contribution in [-0.2, 0) is 28.9 Å². The molecule has 1 heterocycles. The first-order chi connectivity index (χ1) is 10.00. The van der Waals surface area contributed by atoms with Crippen molar-refractivity contribution < 1.29 is 8.42 Å². The predicted octanol–water partition coefficient (Wildman–Crippen LogP) is 2.85. The summed E-state index contributed by atoms with van der Waals surface area (Å²) in [5.74, 6) is 0.00586. The molecule has 0 saturated heterocycles. The third-order valence-electron chi connectivity index (χ3n) is 3.01. The Labute approximate surface area is 137 Å². The SMILES string of the molecule is CNS(=O)(=O)Cc1ccccc1CNCc1cc(Br)cs1. The van der Waals surface area contributed by atoms with E-state index in [9.17, 15) is 8.42 Å². The van der Waals surface area contributed by atoms with Gasteiger partial charge in [-0.25, -0.2) is 13.1 Å². The summed E-state index contributed by atoms with van der Waals surface area (Å²) in [6, 6.07) is 9.68. The quantitative estimate of drug-likeness (QED) is 0.766. The summed E-state index contributed by atoms with van der Waals surface area (Å²) in [4.78, 5) is 1.24. The zero-order valence-electron chi connectivity index (χ0n) is 11.6. The average Bonchev–Trinajstić information content (AvgIpc) is 2.86. The van der Waals surface area contributed by atoms with Crippen molar-refractivity contribution >= 4 is 37.3 Å².